The van der Waals surface area contributed by atoms with Crippen molar-refractivity contribution in [2.75, 3.05) is 24.7 Å². The lowest BCUT2D eigenvalue weighted by Gasteiger charge is -2.25. The van der Waals surface area contributed by atoms with Crippen molar-refractivity contribution in [1.29, 1.82) is 0 Å². The van der Waals surface area contributed by atoms with Gasteiger partial charge in [0, 0.05) is 31.0 Å². The molecule has 1 aliphatic rings. The molecule has 5 nitrogen and oxygen atoms in total. The number of amides is 1. The van der Waals surface area contributed by atoms with Crippen LogP contribution in [0.15, 0.2) is 67.0 Å². The molecule has 1 atom stereocenters. The smallest absolute Gasteiger partial charge is 0.261 e. The highest BCUT2D eigenvalue weighted by atomic mass is 19.1. The third-order valence-corrected chi connectivity index (χ3v) is 4.71. The monoisotopic (exact) mass is 365 g/mol. The summed E-state index contributed by atoms with van der Waals surface area (Å²) in [7, 11) is 0. The van der Waals surface area contributed by atoms with Gasteiger partial charge in [0.15, 0.2) is 0 Å². The summed E-state index contributed by atoms with van der Waals surface area (Å²) in [6.07, 6.45) is 3.99. The zero-order valence-corrected chi connectivity index (χ0v) is 14.8. The molecule has 2 aromatic carbocycles. The summed E-state index contributed by atoms with van der Waals surface area (Å²) in [6.45, 7) is 1.96. The number of benzene rings is 2. The third kappa shape index (κ3) is 3.75. The Morgan fingerprint density at radius 3 is 2.70 bits per heavy atom. The molecule has 1 aliphatic heterocycles. The Kier molecular flexibility index (Phi) is 4.98. The number of para-hydroxylation sites is 2. The fourth-order valence-corrected chi connectivity index (χ4v) is 3.26. The summed E-state index contributed by atoms with van der Waals surface area (Å²) >= 11 is 0. The molecule has 0 aliphatic carbocycles. The van der Waals surface area contributed by atoms with Crippen LogP contribution in [0.25, 0.3) is 5.69 Å². The first-order valence-corrected chi connectivity index (χ1v) is 8.96. The maximum atomic E-state index is 14.0. The number of anilines is 1. The molecule has 27 heavy (non-hydrogen) atoms. The molecule has 0 unspecified atom stereocenters. The Hall–Kier alpha value is -2.99. The Bertz CT molecular complexity index is 920. The van der Waals surface area contributed by atoms with E-state index in [0.717, 1.165) is 18.7 Å². The molecule has 6 heteroatoms. The third-order valence-electron chi connectivity index (χ3n) is 4.71. The van der Waals surface area contributed by atoms with Crippen molar-refractivity contribution in [3.05, 3.63) is 78.4 Å². The summed E-state index contributed by atoms with van der Waals surface area (Å²) in [6, 6.07) is 15.9. The first kappa shape index (κ1) is 17.4. The summed E-state index contributed by atoms with van der Waals surface area (Å²) < 4.78 is 20.9. The number of carbonyl (C=O) groups is 1. The predicted molar refractivity (Wildman–Crippen MR) is 101 cm³/mol. The van der Waals surface area contributed by atoms with Gasteiger partial charge in [0.1, 0.15) is 11.5 Å². The fourth-order valence-electron chi connectivity index (χ4n) is 3.26. The van der Waals surface area contributed by atoms with E-state index in [1.165, 1.54) is 16.9 Å². The number of hydrogen-bond donors (Lipinski definition) is 0. The van der Waals surface area contributed by atoms with Gasteiger partial charge in [0.05, 0.1) is 18.4 Å². The van der Waals surface area contributed by atoms with Gasteiger partial charge in [-0.15, -0.1) is 0 Å². The topological polar surface area (TPSA) is 47.4 Å². The Balaban J connectivity index is 1.62. The van der Waals surface area contributed by atoms with Gasteiger partial charge in [0.25, 0.3) is 5.91 Å². The van der Waals surface area contributed by atoms with E-state index in [1.54, 1.807) is 29.3 Å². The molecule has 138 valence electrons. The van der Waals surface area contributed by atoms with Gasteiger partial charge < -0.3 is 9.64 Å². The molecule has 4 rings (SSSR count). The summed E-state index contributed by atoms with van der Waals surface area (Å²) in [4.78, 5) is 15.0. The predicted octanol–water partition coefficient (Wildman–Crippen LogP) is 3.69. The maximum Gasteiger partial charge on any atom is 0.261 e. The number of halogens is 1. The number of ether oxygens (including phenoxy) is 1. The van der Waals surface area contributed by atoms with Crippen LogP contribution in [0.3, 0.4) is 0 Å². The van der Waals surface area contributed by atoms with E-state index in [0.29, 0.717) is 30.3 Å². The van der Waals surface area contributed by atoms with Crippen molar-refractivity contribution in [1.82, 2.24) is 9.78 Å². The van der Waals surface area contributed by atoms with Gasteiger partial charge in [-0.2, -0.15) is 5.10 Å². The molecule has 0 bridgehead atoms. The fraction of sp³-hybridized carbons (Fsp3) is 0.238. The molecule has 1 fully saturated rings. The number of hydrogen-bond acceptors (Lipinski definition) is 3. The van der Waals surface area contributed by atoms with Crippen molar-refractivity contribution in [2.45, 2.75) is 6.42 Å². The first-order chi connectivity index (χ1) is 13.2. The van der Waals surface area contributed by atoms with Crippen molar-refractivity contribution >= 4 is 11.6 Å². The molecule has 2 heterocycles. The quantitative estimate of drug-likeness (QED) is 0.693. The van der Waals surface area contributed by atoms with Gasteiger partial charge in [-0.05, 0) is 30.7 Å². The normalized spacial score (nSPS) is 16.4. The van der Waals surface area contributed by atoms with Crippen LogP contribution in [-0.4, -0.2) is 35.4 Å². The second-order valence-corrected chi connectivity index (χ2v) is 6.61. The molecular weight excluding hydrogens is 345 g/mol. The van der Waals surface area contributed by atoms with Crippen LogP contribution < -0.4 is 4.90 Å². The highest BCUT2D eigenvalue weighted by Gasteiger charge is 2.25. The standard InChI is InChI=1S/C21H20FN3O2/c22-19-8-4-5-9-20(19)25-14-17(12-23-25)21(26)24(13-16-10-11-27-15-16)18-6-2-1-3-7-18/h1-9,12,14,16H,10-11,13,15H2/t16-/m1/s1. The average Bonchev–Trinajstić information content (AvgIpc) is 3.39. The minimum absolute atomic E-state index is 0.157. The largest absolute Gasteiger partial charge is 0.381 e. The second-order valence-electron chi connectivity index (χ2n) is 6.61. The van der Waals surface area contributed by atoms with Crippen molar-refractivity contribution < 1.29 is 13.9 Å². The first-order valence-electron chi connectivity index (χ1n) is 8.96. The molecule has 3 aromatic rings. The van der Waals surface area contributed by atoms with E-state index < -0.39 is 0 Å². The Labute approximate surface area is 157 Å². The molecule has 0 saturated carbocycles. The molecule has 1 amide bonds. The lowest BCUT2D eigenvalue weighted by Crippen LogP contribution is -2.35. The van der Waals surface area contributed by atoms with Crippen LogP contribution in [-0.2, 0) is 4.74 Å². The average molecular weight is 365 g/mol. The van der Waals surface area contributed by atoms with E-state index >= 15 is 0 Å². The maximum absolute atomic E-state index is 14.0. The zero-order valence-electron chi connectivity index (χ0n) is 14.8. The van der Waals surface area contributed by atoms with Gasteiger partial charge in [-0.3, -0.25) is 4.79 Å². The lowest BCUT2D eigenvalue weighted by atomic mass is 10.1. The van der Waals surface area contributed by atoms with Gasteiger partial charge in [-0.25, -0.2) is 9.07 Å². The van der Waals surface area contributed by atoms with E-state index in [-0.39, 0.29) is 11.7 Å². The van der Waals surface area contributed by atoms with Gasteiger partial charge >= 0.3 is 0 Å². The number of rotatable bonds is 5. The number of carbonyl (C=O) groups excluding carboxylic acids is 1. The Morgan fingerprint density at radius 1 is 1.19 bits per heavy atom. The molecule has 1 saturated heterocycles. The van der Waals surface area contributed by atoms with Crippen LogP contribution in [0, 0.1) is 11.7 Å². The zero-order chi connectivity index (χ0) is 18.6. The lowest BCUT2D eigenvalue weighted by molar-refractivity contribution is 0.0981. The second kappa shape index (κ2) is 7.72. The van der Waals surface area contributed by atoms with E-state index in [9.17, 15) is 9.18 Å². The van der Waals surface area contributed by atoms with Crippen LogP contribution in [0.1, 0.15) is 16.8 Å². The van der Waals surface area contributed by atoms with E-state index in [2.05, 4.69) is 5.10 Å². The van der Waals surface area contributed by atoms with Gasteiger partial charge in [0.2, 0.25) is 0 Å². The van der Waals surface area contributed by atoms with Crippen LogP contribution >= 0.6 is 0 Å². The van der Waals surface area contributed by atoms with Crippen LogP contribution in [0.5, 0.6) is 0 Å². The molecule has 0 spiro atoms. The summed E-state index contributed by atoms with van der Waals surface area (Å²) in [5, 5.41) is 4.18. The summed E-state index contributed by atoms with van der Waals surface area (Å²) in [5.41, 5.74) is 1.56. The minimum Gasteiger partial charge on any atom is -0.381 e. The SMILES string of the molecule is O=C(c1cnn(-c2ccccc2F)c1)N(C[C@H]1CCOC1)c1ccccc1. The summed E-state index contributed by atoms with van der Waals surface area (Å²) in [5.74, 6) is -0.242. The number of nitrogens with zero attached hydrogens (tertiary/aromatic N) is 3. The van der Waals surface area contributed by atoms with Crippen LogP contribution in [0.4, 0.5) is 10.1 Å². The molecule has 0 N–H and O–H groups in total. The number of aromatic nitrogens is 2. The Morgan fingerprint density at radius 2 is 1.96 bits per heavy atom. The highest BCUT2D eigenvalue weighted by Crippen LogP contribution is 2.22. The van der Waals surface area contributed by atoms with E-state index in [1.807, 2.05) is 30.3 Å². The van der Waals surface area contributed by atoms with Gasteiger partial charge in [-0.1, -0.05) is 30.3 Å². The molecule has 0 radical (unpaired) electrons. The molecular formula is C21H20FN3O2. The molecule has 1 aromatic heterocycles. The van der Waals surface area contributed by atoms with Crippen molar-refractivity contribution in [2.24, 2.45) is 5.92 Å². The van der Waals surface area contributed by atoms with Crippen LogP contribution in [0.2, 0.25) is 0 Å². The van der Waals surface area contributed by atoms with E-state index in [4.69, 9.17) is 4.74 Å². The van der Waals surface area contributed by atoms with Crippen molar-refractivity contribution in [3.63, 3.8) is 0 Å². The highest BCUT2D eigenvalue weighted by molar-refractivity contribution is 6.05. The van der Waals surface area contributed by atoms with Crippen molar-refractivity contribution in [3.8, 4) is 5.69 Å². The minimum atomic E-state index is -0.386.